The molecule has 0 bridgehead atoms. The lowest BCUT2D eigenvalue weighted by atomic mass is 10.1. The molecule has 0 atom stereocenters. The van der Waals surface area contributed by atoms with Crippen molar-refractivity contribution in [2.24, 2.45) is 0 Å². The molecular weight excluding hydrogens is 404 g/mol. The van der Waals surface area contributed by atoms with Crippen LogP contribution in [0.5, 0.6) is 11.5 Å². The van der Waals surface area contributed by atoms with Gasteiger partial charge >= 0.3 is 0 Å². The van der Waals surface area contributed by atoms with Crippen molar-refractivity contribution >= 4 is 17.9 Å². The van der Waals surface area contributed by atoms with Crippen LogP contribution in [0.3, 0.4) is 0 Å². The first kappa shape index (κ1) is 22.6. The summed E-state index contributed by atoms with van der Waals surface area (Å²) in [5, 5.41) is 15.5. The van der Waals surface area contributed by atoms with Gasteiger partial charge in [0, 0.05) is 13.1 Å². The van der Waals surface area contributed by atoms with Crippen molar-refractivity contribution in [2.45, 2.75) is 20.0 Å². The highest BCUT2D eigenvalue weighted by atomic mass is 16.5. The van der Waals surface area contributed by atoms with E-state index in [-0.39, 0.29) is 17.1 Å². The van der Waals surface area contributed by atoms with Crippen LogP contribution in [-0.4, -0.2) is 23.5 Å². The van der Waals surface area contributed by atoms with Gasteiger partial charge in [-0.3, -0.25) is 9.59 Å². The molecule has 3 aromatic carbocycles. The van der Waals surface area contributed by atoms with Crippen LogP contribution >= 0.6 is 0 Å². The van der Waals surface area contributed by atoms with E-state index >= 15 is 0 Å². The summed E-state index contributed by atoms with van der Waals surface area (Å²) in [4.78, 5) is 25.9. The minimum atomic E-state index is -0.495. The molecule has 3 rings (SSSR count). The second-order valence-electron chi connectivity index (χ2n) is 7.05. The molecule has 0 saturated heterocycles. The SMILES string of the molecule is CCOc1cc(C=C(C(=O)NCc2ccccc2)C(=O)NCc2ccccc2)ccc1O. The molecule has 0 unspecified atom stereocenters. The molecule has 164 valence electrons. The van der Waals surface area contributed by atoms with Gasteiger partial charge in [0.15, 0.2) is 11.5 Å². The maximum Gasteiger partial charge on any atom is 0.257 e. The van der Waals surface area contributed by atoms with Gasteiger partial charge in [-0.05, 0) is 41.8 Å². The third-order valence-corrected chi connectivity index (χ3v) is 4.68. The minimum Gasteiger partial charge on any atom is -0.504 e. The lowest BCUT2D eigenvalue weighted by Gasteiger charge is -2.11. The lowest BCUT2D eigenvalue weighted by molar-refractivity contribution is -0.123. The molecule has 3 N–H and O–H groups in total. The van der Waals surface area contributed by atoms with Crippen molar-refractivity contribution in [3.05, 3.63) is 101 Å². The zero-order chi connectivity index (χ0) is 22.8. The summed E-state index contributed by atoms with van der Waals surface area (Å²) in [6, 6.07) is 23.6. The number of aromatic hydroxyl groups is 1. The van der Waals surface area contributed by atoms with Crippen molar-refractivity contribution in [1.29, 1.82) is 0 Å². The highest BCUT2D eigenvalue weighted by Crippen LogP contribution is 2.27. The molecule has 0 heterocycles. The number of rotatable bonds is 9. The van der Waals surface area contributed by atoms with Gasteiger partial charge < -0.3 is 20.5 Å². The Morgan fingerprint density at radius 2 is 1.38 bits per heavy atom. The summed E-state index contributed by atoms with van der Waals surface area (Å²) >= 11 is 0. The number of carbonyl (C=O) groups excluding carboxylic acids is 2. The van der Waals surface area contributed by atoms with Gasteiger partial charge in [-0.2, -0.15) is 0 Å². The molecular formula is C26H26N2O4. The van der Waals surface area contributed by atoms with Crippen LogP contribution in [0.25, 0.3) is 6.08 Å². The Morgan fingerprint density at radius 1 is 0.844 bits per heavy atom. The van der Waals surface area contributed by atoms with E-state index < -0.39 is 11.8 Å². The molecule has 0 aliphatic rings. The summed E-state index contributed by atoms with van der Waals surface area (Å²) < 4.78 is 5.41. The second kappa shape index (κ2) is 11.4. The number of ether oxygens (including phenoxy) is 1. The first-order valence-electron chi connectivity index (χ1n) is 10.4. The molecule has 0 spiro atoms. The quantitative estimate of drug-likeness (QED) is 0.274. The molecule has 6 nitrogen and oxygen atoms in total. The molecule has 0 fully saturated rings. The summed E-state index contributed by atoms with van der Waals surface area (Å²) in [7, 11) is 0. The average molecular weight is 431 g/mol. The van der Waals surface area contributed by atoms with E-state index in [1.807, 2.05) is 60.7 Å². The first-order valence-corrected chi connectivity index (χ1v) is 10.4. The Hall–Kier alpha value is -4.06. The molecule has 0 saturated carbocycles. The number of hydrogen-bond acceptors (Lipinski definition) is 4. The van der Waals surface area contributed by atoms with Crippen LogP contribution in [0, 0.1) is 0 Å². The van der Waals surface area contributed by atoms with E-state index in [0.717, 1.165) is 11.1 Å². The molecule has 0 radical (unpaired) electrons. The fraction of sp³-hybridized carbons (Fsp3) is 0.154. The number of phenols is 1. The molecule has 2 amide bonds. The molecule has 0 aliphatic carbocycles. The summed E-state index contributed by atoms with van der Waals surface area (Å²) in [5.41, 5.74) is 2.37. The van der Waals surface area contributed by atoms with Crippen molar-refractivity contribution in [3.63, 3.8) is 0 Å². The number of amides is 2. The zero-order valence-corrected chi connectivity index (χ0v) is 17.9. The maximum absolute atomic E-state index is 12.9. The molecule has 0 aliphatic heterocycles. The van der Waals surface area contributed by atoms with Crippen molar-refractivity contribution in [1.82, 2.24) is 10.6 Å². The summed E-state index contributed by atoms with van der Waals surface area (Å²) in [5.74, 6) is -0.710. The third kappa shape index (κ3) is 6.47. The Balaban J connectivity index is 1.82. The van der Waals surface area contributed by atoms with Gasteiger partial charge in [0.25, 0.3) is 11.8 Å². The first-order chi connectivity index (χ1) is 15.6. The van der Waals surface area contributed by atoms with E-state index in [9.17, 15) is 14.7 Å². The van der Waals surface area contributed by atoms with Gasteiger partial charge in [0.05, 0.1) is 6.61 Å². The van der Waals surface area contributed by atoms with E-state index in [0.29, 0.717) is 25.3 Å². The smallest absolute Gasteiger partial charge is 0.257 e. The zero-order valence-electron chi connectivity index (χ0n) is 17.9. The van der Waals surface area contributed by atoms with Crippen LogP contribution < -0.4 is 15.4 Å². The van der Waals surface area contributed by atoms with E-state index in [4.69, 9.17) is 4.74 Å². The summed E-state index contributed by atoms with van der Waals surface area (Å²) in [6.45, 7) is 2.77. The topological polar surface area (TPSA) is 87.7 Å². The number of hydrogen-bond donors (Lipinski definition) is 3. The van der Waals surface area contributed by atoms with Crippen molar-refractivity contribution in [3.8, 4) is 11.5 Å². The van der Waals surface area contributed by atoms with E-state index in [1.54, 1.807) is 19.1 Å². The van der Waals surface area contributed by atoms with Gasteiger partial charge in [0.1, 0.15) is 5.57 Å². The second-order valence-corrected chi connectivity index (χ2v) is 7.05. The molecule has 0 aromatic heterocycles. The Morgan fingerprint density at radius 3 is 1.88 bits per heavy atom. The Bertz CT molecular complexity index is 1020. The fourth-order valence-corrected chi connectivity index (χ4v) is 3.04. The van der Waals surface area contributed by atoms with Gasteiger partial charge in [-0.25, -0.2) is 0 Å². The predicted octanol–water partition coefficient (Wildman–Crippen LogP) is 3.81. The normalized spacial score (nSPS) is 10.2. The van der Waals surface area contributed by atoms with Crippen LogP contribution in [0.15, 0.2) is 84.4 Å². The summed E-state index contributed by atoms with van der Waals surface area (Å²) in [6.07, 6.45) is 1.49. The van der Waals surface area contributed by atoms with Gasteiger partial charge in [-0.1, -0.05) is 66.7 Å². The number of nitrogens with one attached hydrogen (secondary N) is 2. The molecule has 6 heteroatoms. The predicted molar refractivity (Wildman–Crippen MR) is 124 cm³/mol. The van der Waals surface area contributed by atoms with E-state index in [2.05, 4.69) is 10.6 Å². The fourth-order valence-electron chi connectivity index (χ4n) is 3.04. The number of benzene rings is 3. The minimum absolute atomic E-state index is 0.00684. The monoisotopic (exact) mass is 430 g/mol. The van der Waals surface area contributed by atoms with Crippen LogP contribution in [0.2, 0.25) is 0 Å². The van der Waals surface area contributed by atoms with E-state index in [1.165, 1.54) is 12.1 Å². The standard InChI is InChI=1S/C26H26N2O4/c1-2-32-24-16-21(13-14-23(24)29)15-22(25(30)27-17-19-9-5-3-6-10-19)26(31)28-18-20-11-7-4-8-12-20/h3-16,29H,2,17-18H2,1H3,(H,27,30)(H,28,31). The maximum atomic E-state index is 12.9. The van der Waals surface area contributed by atoms with Crippen LogP contribution in [-0.2, 0) is 22.7 Å². The van der Waals surface area contributed by atoms with Crippen LogP contribution in [0.4, 0.5) is 0 Å². The lowest BCUT2D eigenvalue weighted by Crippen LogP contribution is -2.34. The van der Waals surface area contributed by atoms with Gasteiger partial charge in [0.2, 0.25) is 0 Å². The number of carbonyl (C=O) groups is 2. The Labute approximate surface area is 187 Å². The third-order valence-electron chi connectivity index (χ3n) is 4.68. The average Bonchev–Trinajstić information content (AvgIpc) is 2.83. The largest absolute Gasteiger partial charge is 0.504 e. The van der Waals surface area contributed by atoms with Crippen molar-refractivity contribution in [2.75, 3.05) is 6.61 Å². The van der Waals surface area contributed by atoms with Crippen molar-refractivity contribution < 1.29 is 19.4 Å². The molecule has 32 heavy (non-hydrogen) atoms. The highest BCUT2D eigenvalue weighted by molar-refractivity contribution is 6.21. The number of phenolic OH excluding ortho intramolecular Hbond substituents is 1. The van der Waals surface area contributed by atoms with Crippen LogP contribution in [0.1, 0.15) is 23.6 Å². The van der Waals surface area contributed by atoms with Gasteiger partial charge in [-0.15, -0.1) is 0 Å². The molecule has 3 aromatic rings. The highest BCUT2D eigenvalue weighted by Gasteiger charge is 2.18. The Kier molecular flexibility index (Phi) is 8.03.